The van der Waals surface area contributed by atoms with Gasteiger partial charge in [0.15, 0.2) is 5.82 Å². The van der Waals surface area contributed by atoms with Gasteiger partial charge in [-0.25, -0.2) is 4.98 Å². The zero-order chi connectivity index (χ0) is 10.1. The number of hydrogen-bond donors (Lipinski definition) is 2. The van der Waals surface area contributed by atoms with Gasteiger partial charge in [0.05, 0.1) is 30.0 Å². The summed E-state index contributed by atoms with van der Waals surface area (Å²) in [5.74, 6) is 0.502. The minimum atomic E-state index is 0.501. The Morgan fingerprint density at radius 2 is 1.86 bits per heavy atom. The quantitative estimate of drug-likeness (QED) is 0.666. The lowest BCUT2D eigenvalue weighted by Crippen LogP contribution is -2.08. The van der Waals surface area contributed by atoms with Gasteiger partial charge in [-0.15, -0.1) is 4.80 Å². The summed E-state index contributed by atoms with van der Waals surface area (Å²) in [6.45, 7) is 1.83. The largest absolute Gasteiger partial charge is 0.397 e. The average molecular weight is 190 g/mol. The number of nitrogen functional groups attached to an aromatic ring is 2. The molecule has 0 bridgehead atoms. The standard InChI is InChI=1S/C8H10N6/c1-5-6(9)4-11-8(7(5)10)14-12-2-3-13-14/h2-4H,9-10H2,1H3. The molecule has 0 aliphatic heterocycles. The minimum Gasteiger partial charge on any atom is -0.397 e. The van der Waals surface area contributed by atoms with Gasteiger partial charge in [0.2, 0.25) is 0 Å². The van der Waals surface area contributed by atoms with Gasteiger partial charge in [0.25, 0.3) is 0 Å². The van der Waals surface area contributed by atoms with Crippen LogP contribution < -0.4 is 11.5 Å². The van der Waals surface area contributed by atoms with E-state index in [-0.39, 0.29) is 0 Å². The van der Waals surface area contributed by atoms with Crippen LogP contribution in [0.5, 0.6) is 0 Å². The van der Waals surface area contributed by atoms with Gasteiger partial charge in [-0.05, 0) is 6.92 Å². The van der Waals surface area contributed by atoms with Crippen molar-refractivity contribution in [3.05, 3.63) is 24.2 Å². The maximum atomic E-state index is 5.83. The van der Waals surface area contributed by atoms with Crippen LogP contribution in [0.1, 0.15) is 5.56 Å². The van der Waals surface area contributed by atoms with Crippen LogP contribution in [-0.2, 0) is 0 Å². The summed E-state index contributed by atoms with van der Waals surface area (Å²) in [4.78, 5) is 5.43. The molecular formula is C8H10N6. The van der Waals surface area contributed by atoms with Crippen molar-refractivity contribution in [3.63, 3.8) is 0 Å². The smallest absolute Gasteiger partial charge is 0.197 e. The molecule has 6 heteroatoms. The van der Waals surface area contributed by atoms with Gasteiger partial charge >= 0.3 is 0 Å². The van der Waals surface area contributed by atoms with Gasteiger partial charge in [-0.2, -0.15) is 10.2 Å². The fourth-order valence-corrected chi connectivity index (χ4v) is 1.10. The number of pyridine rings is 1. The summed E-state index contributed by atoms with van der Waals surface area (Å²) >= 11 is 0. The first-order chi connectivity index (χ1) is 6.70. The van der Waals surface area contributed by atoms with Crippen molar-refractivity contribution in [3.8, 4) is 5.82 Å². The highest BCUT2D eigenvalue weighted by molar-refractivity contribution is 5.66. The first-order valence-corrected chi connectivity index (χ1v) is 4.07. The third-order valence-electron chi connectivity index (χ3n) is 2.01. The molecule has 0 saturated heterocycles. The molecule has 6 nitrogen and oxygen atoms in total. The van der Waals surface area contributed by atoms with Crippen LogP contribution in [0.25, 0.3) is 5.82 Å². The molecule has 0 aromatic carbocycles. The maximum Gasteiger partial charge on any atom is 0.197 e. The van der Waals surface area contributed by atoms with E-state index < -0.39 is 0 Å². The predicted molar refractivity (Wildman–Crippen MR) is 52.7 cm³/mol. The highest BCUT2D eigenvalue weighted by atomic mass is 15.5. The topological polar surface area (TPSA) is 95.6 Å². The summed E-state index contributed by atoms with van der Waals surface area (Å²) in [5.41, 5.74) is 13.3. The van der Waals surface area contributed by atoms with Crippen molar-refractivity contribution < 1.29 is 0 Å². The minimum absolute atomic E-state index is 0.501. The van der Waals surface area contributed by atoms with E-state index in [4.69, 9.17) is 11.5 Å². The highest BCUT2D eigenvalue weighted by Gasteiger charge is 2.09. The molecule has 0 aliphatic rings. The molecule has 14 heavy (non-hydrogen) atoms. The molecule has 4 N–H and O–H groups in total. The molecule has 2 heterocycles. The molecule has 0 amide bonds. The predicted octanol–water partition coefficient (Wildman–Crippen LogP) is 0.135. The first kappa shape index (κ1) is 8.49. The number of nitrogens with two attached hydrogens (primary N) is 2. The molecule has 0 saturated carbocycles. The first-order valence-electron chi connectivity index (χ1n) is 4.07. The van der Waals surface area contributed by atoms with Gasteiger partial charge in [-0.3, -0.25) is 0 Å². The van der Waals surface area contributed by atoms with E-state index in [0.29, 0.717) is 17.2 Å². The lowest BCUT2D eigenvalue weighted by Gasteiger charge is -2.07. The zero-order valence-corrected chi connectivity index (χ0v) is 7.68. The summed E-state index contributed by atoms with van der Waals surface area (Å²) in [6, 6.07) is 0. The molecule has 0 fully saturated rings. The lowest BCUT2D eigenvalue weighted by atomic mass is 10.2. The number of aromatic nitrogens is 4. The molecule has 2 aromatic heterocycles. The number of hydrogen-bond acceptors (Lipinski definition) is 5. The van der Waals surface area contributed by atoms with Crippen molar-refractivity contribution in [2.45, 2.75) is 6.92 Å². The van der Waals surface area contributed by atoms with Crippen LogP contribution in [0.4, 0.5) is 11.4 Å². The second kappa shape index (κ2) is 2.99. The zero-order valence-electron chi connectivity index (χ0n) is 7.68. The van der Waals surface area contributed by atoms with E-state index in [1.807, 2.05) is 6.92 Å². The van der Waals surface area contributed by atoms with E-state index in [9.17, 15) is 0 Å². The molecule has 0 atom stereocenters. The van der Waals surface area contributed by atoms with Crippen LogP contribution >= 0.6 is 0 Å². The fourth-order valence-electron chi connectivity index (χ4n) is 1.10. The molecule has 0 aliphatic carbocycles. The molecule has 72 valence electrons. The van der Waals surface area contributed by atoms with Gasteiger partial charge in [-0.1, -0.05) is 0 Å². The molecule has 2 aromatic rings. The van der Waals surface area contributed by atoms with Crippen LogP contribution in [0, 0.1) is 6.92 Å². The fraction of sp³-hybridized carbons (Fsp3) is 0.125. The number of rotatable bonds is 1. The molecule has 0 radical (unpaired) electrons. The summed E-state index contributed by atoms with van der Waals surface area (Å²) in [7, 11) is 0. The highest BCUT2D eigenvalue weighted by Crippen LogP contribution is 2.21. The number of anilines is 2. The Morgan fingerprint density at radius 3 is 2.50 bits per heavy atom. The SMILES string of the molecule is Cc1c(N)cnc(-n2nccn2)c1N. The third-order valence-corrected chi connectivity index (χ3v) is 2.01. The van der Waals surface area contributed by atoms with Crippen molar-refractivity contribution in [2.24, 2.45) is 0 Å². The molecule has 0 spiro atoms. The maximum absolute atomic E-state index is 5.83. The number of nitrogens with zero attached hydrogens (tertiary/aromatic N) is 4. The molecule has 2 rings (SSSR count). The van der Waals surface area contributed by atoms with E-state index in [0.717, 1.165) is 5.56 Å². The van der Waals surface area contributed by atoms with E-state index in [2.05, 4.69) is 15.2 Å². The normalized spacial score (nSPS) is 10.4. The van der Waals surface area contributed by atoms with Crippen LogP contribution in [-0.4, -0.2) is 20.0 Å². The van der Waals surface area contributed by atoms with Crippen LogP contribution in [0.15, 0.2) is 18.6 Å². The van der Waals surface area contributed by atoms with Gasteiger partial charge in [0.1, 0.15) is 0 Å². The summed E-state index contributed by atoms with van der Waals surface area (Å²) in [6.07, 6.45) is 4.67. The Balaban J connectivity index is 2.61. The Hall–Kier alpha value is -2.11. The summed E-state index contributed by atoms with van der Waals surface area (Å²) in [5, 5.41) is 7.88. The Morgan fingerprint density at radius 1 is 1.21 bits per heavy atom. The van der Waals surface area contributed by atoms with Crippen molar-refractivity contribution in [2.75, 3.05) is 11.5 Å². The Kier molecular flexibility index (Phi) is 1.81. The van der Waals surface area contributed by atoms with Crippen LogP contribution in [0.2, 0.25) is 0 Å². The lowest BCUT2D eigenvalue weighted by molar-refractivity contribution is 0.731. The van der Waals surface area contributed by atoms with E-state index in [1.165, 1.54) is 4.80 Å². The second-order valence-corrected chi connectivity index (χ2v) is 2.89. The van der Waals surface area contributed by atoms with Crippen LogP contribution in [0.3, 0.4) is 0 Å². The van der Waals surface area contributed by atoms with Crippen molar-refractivity contribution >= 4 is 11.4 Å². The molecule has 0 unspecified atom stereocenters. The van der Waals surface area contributed by atoms with Gasteiger partial charge < -0.3 is 11.5 Å². The van der Waals surface area contributed by atoms with Crippen molar-refractivity contribution in [1.82, 2.24) is 20.0 Å². The second-order valence-electron chi connectivity index (χ2n) is 2.89. The van der Waals surface area contributed by atoms with Crippen molar-refractivity contribution in [1.29, 1.82) is 0 Å². The van der Waals surface area contributed by atoms with Gasteiger partial charge in [0, 0.05) is 5.56 Å². The average Bonchev–Trinajstić information content (AvgIpc) is 2.67. The Bertz CT molecular complexity index is 447. The third kappa shape index (κ3) is 1.17. The monoisotopic (exact) mass is 190 g/mol. The molecular weight excluding hydrogens is 180 g/mol. The Labute approximate surface area is 80.5 Å². The van der Waals surface area contributed by atoms with E-state index in [1.54, 1.807) is 18.6 Å². The van der Waals surface area contributed by atoms with E-state index >= 15 is 0 Å². The summed E-state index contributed by atoms with van der Waals surface area (Å²) < 4.78 is 0.